The van der Waals surface area contributed by atoms with Gasteiger partial charge < -0.3 is 14.4 Å². The van der Waals surface area contributed by atoms with Gasteiger partial charge in [0.25, 0.3) is 5.89 Å². The highest BCUT2D eigenvalue weighted by Crippen LogP contribution is 2.20. The van der Waals surface area contributed by atoms with Gasteiger partial charge in [-0.05, 0) is 32.2 Å². The van der Waals surface area contributed by atoms with E-state index in [0.29, 0.717) is 17.8 Å². The van der Waals surface area contributed by atoms with Crippen molar-refractivity contribution >= 4 is 12.4 Å². The van der Waals surface area contributed by atoms with Crippen LogP contribution in [0.2, 0.25) is 0 Å². The molecule has 1 atom stereocenters. The third-order valence-electron chi connectivity index (χ3n) is 3.35. The summed E-state index contributed by atoms with van der Waals surface area (Å²) in [5.41, 5.74) is 1.91. The van der Waals surface area contributed by atoms with Gasteiger partial charge in [0.1, 0.15) is 0 Å². The van der Waals surface area contributed by atoms with E-state index in [-0.39, 0.29) is 12.4 Å². The van der Waals surface area contributed by atoms with E-state index >= 15 is 0 Å². The van der Waals surface area contributed by atoms with Crippen molar-refractivity contribution in [3.8, 4) is 17.1 Å². The average molecular weight is 320 g/mol. The fourth-order valence-electron chi connectivity index (χ4n) is 2.04. The molecule has 6 nitrogen and oxygen atoms in total. The molecule has 0 radical (unpaired) electrons. The van der Waals surface area contributed by atoms with E-state index in [2.05, 4.69) is 27.4 Å². The van der Waals surface area contributed by atoms with Crippen LogP contribution in [-0.2, 0) is 6.42 Å². The minimum absolute atomic E-state index is 0. The summed E-state index contributed by atoms with van der Waals surface area (Å²) >= 11 is 0. The van der Waals surface area contributed by atoms with Gasteiger partial charge in [-0.15, -0.1) is 12.4 Å². The molecule has 1 unspecified atom stereocenters. The van der Waals surface area contributed by atoms with Crippen LogP contribution in [0.3, 0.4) is 0 Å². The van der Waals surface area contributed by atoms with Gasteiger partial charge in [0.15, 0.2) is 5.82 Å². The number of hydrogen-bond donors (Lipinski definition) is 1. The number of nitrogens with one attached hydrogen (secondary N) is 1. The standard InChI is InChI=1S/C15H17N5O.ClH/c1-11(16-2)8-14-18-15(21-19-14)12-4-3-5-13(9-12)20-7-6-17-10-20;/h3-7,9-11,16H,8H2,1-2H3;1H. The van der Waals surface area contributed by atoms with Gasteiger partial charge >= 0.3 is 0 Å². The molecule has 0 aliphatic rings. The highest BCUT2D eigenvalue weighted by atomic mass is 35.5. The van der Waals surface area contributed by atoms with Crippen LogP contribution in [0.4, 0.5) is 0 Å². The van der Waals surface area contributed by atoms with Crippen molar-refractivity contribution in [3.05, 3.63) is 48.8 Å². The summed E-state index contributed by atoms with van der Waals surface area (Å²) < 4.78 is 7.29. The molecular formula is C15H18ClN5O. The first-order valence-electron chi connectivity index (χ1n) is 6.85. The summed E-state index contributed by atoms with van der Waals surface area (Å²) in [6.07, 6.45) is 6.14. The average Bonchev–Trinajstić information content (AvgIpc) is 3.19. The number of halogens is 1. The Morgan fingerprint density at radius 1 is 1.36 bits per heavy atom. The number of hydrogen-bond acceptors (Lipinski definition) is 5. The predicted molar refractivity (Wildman–Crippen MR) is 86.3 cm³/mol. The molecule has 7 heteroatoms. The summed E-state index contributed by atoms with van der Waals surface area (Å²) in [6, 6.07) is 8.24. The van der Waals surface area contributed by atoms with Crippen LogP contribution < -0.4 is 5.32 Å². The van der Waals surface area contributed by atoms with Crippen LogP contribution in [0.25, 0.3) is 17.1 Å². The van der Waals surface area contributed by atoms with Gasteiger partial charge in [0.05, 0.1) is 6.33 Å². The van der Waals surface area contributed by atoms with Crippen LogP contribution in [-0.4, -0.2) is 32.8 Å². The Kier molecular flexibility index (Phi) is 5.30. The van der Waals surface area contributed by atoms with E-state index in [1.165, 1.54) is 0 Å². The second-order valence-electron chi connectivity index (χ2n) is 4.93. The summed E-state index contributed by atoms with van der Waals surface area (Å²) in [4.78, 5) is 8.50. The van der Waals surface area contributed by atoms with Crippen LogP contribution in [0.5, 0.6) is 0 Å². The molecule has 2 aromatic heterocycles. The molecule has 3 rings (SSSR count). The topological polar surface area (TPSA) is 68.8 Å². The Balaban J connectivity index is 0.00000176. The molecule has 22 heavy (non-hydrogen) atoms. The SMILES string of the molecule is CNC(C)Cc1noc(-c2cccc(-n3ccnc3)c2)n1.Cl. The molecule has 1 aromatic carbocycles. The molecule has 0 aliphatic carbocycles. The van der Waals surface area contributed by atoms with E-state index in [9.17, 15) is 0 Å². The van der Waals surface area contributed by atoms with Crippen molar-refractivity contribution in [1.29, 1.82) is 0 Å². The molecule has 0 fully saturated rings. The van der Waals surface area contributed by atoms with Crippen molar-refractivity contribution in [2.24, 2.45) is 0 Å². The van der Waals surface area contributed by atoms with E-state index in [0.717, 1.165) is 17.7 Å². The molecule has 2 heterocycles. The Morgan fingerprint density at radius 2 is 2.23 bits per heavy atom. The van der Waals surface area contributed by atoms with E-state index in [1.807, 2.05) is 42.1 Å². The van der Waals surface area contributed by atoms with Gasteiger partial charge in [-0.25, -0.2) is 4.98 Å². The van der Waals surface area contributed by atoms with Crippen molar-refractivity contribution in [3.63, 3.8) is 0 Å². The highest BCUT2D eigenvalue weighted by molar-refractivity contribution is 5.85. The van der Waals surface area contributed by atoms with Crippen molar-refractivity contribution in [2.45, 2.75) is 19.4 Å². The van der Waals surface area contributed by atoms with Gasteiger partial charge in [0.2, 0.25) is 0 Å². The molecular weight excluding hydrogens is 302 g/mol. The fourth-order valence-corrected chi connectivity index (χ4v) is 2.04. The lowest BCUT2D eigenvalue weighted by Crippen LogP contribution is -2.24. The van der Waals surface area contributed by atoms with Gasteiger partial charge in [-0.3, -0.25) is 0 Å². The fraction of sp³-hybridized carbons (Fsp3) is 0.267. The van der Waals surface area contributed by atoms with Crippen molar-refractivity contribution in [1.82, 2.24) is 25.0 Å². The number of rotatable bonds is 5. The second-order valence-corrected chi connectivity index (χ2v) is 4.93. The van der Waals surface area contributed by atoms with Crippen molar-refractivity contribution < 1.29 is 4.52 Å². The molecule has 0 saturated heterocycles. The maximum atomic E-state index is 5.35. The minimum Gasteiger partial charge on any atom is -0.334 e. The Labute approximate surface area is 135 Å². The lowest BCUT2D eigenvalue weighted by Gasteiger charge is -2.04. The zero-order chi connectivity index (χ0) is 14.7. The summed E-state index contributed by atoms with van der Waals surface area (Å²) in [5, 5.41) is 7.19. The summed E-state index contributed by atoms with van der Waals surface area (Å²) in [5.74, 6) is 1.25. The van der Waals surface area contributed by atoms with E-state index < -0.39 is 0 Å². The minimum atomic E-state index is 0. The number of imidazole rings is 1. The van der Waals surface area contributed by atoms with Gasteiger partial charge in [-0.2, -0.15) is 4.98 Å². The molecule has 3 aromatic rings. The predicted octanol–water partition coefficient (Wildman–Crippen LogP) is 2.49. The zero-order valence-corrected chi connectivity index (χ0v) is 13.2. The van der Waals surface area contributed by atoms with Gasteiger partial charge in [0, 0.05) is 36.1 Å². The van der Waals surface area contributed by atoms with Crippen LogP contribution in [0.1, 0.15) is 12.7 Å². The molecule has 0 aliphatic heterocycles. The quantitative estimate of drug-likeness (QED) is 0.782. The van der Waals surface area contributed by atoms with Crippen LogP contribution in [0.15, 0.2) is 47.5 Å². The number of likely N-dealkylation sites (N-methyl/N-ethyl adjacent to an activating group) is 1. The zero-order valence-electron chi connectivity index (χ0n) is 12.4. The monoisotopic (exact) mass is 319 g/mol. The molecule has 0 saturated carbocycles. The Bertz CT molecular complexity index is 710. The first-order chi connectivity index (χ1) is 10.3. The first kappa shape index (κ1) is 16.2. The third-order valence-corrected chi connectivity index (χ3v) is 3.35. The Morgan fingerprint density at radius 3 is 2.95 bits per heavy atom. The second kappa shape index (κ2) is 7.20. The number of nitrogens with zero attached hydrogens (tertiary/aromatic N) is 4. The molecule has 0 bridgehead atoms. The van der Waals surface area contributed by atoms with Gasteiger partial charge in [-0.1, -0.05) is 11.2 Å². The summed E-state index contributed by atoms with van der Waals surface area (Å²) in [6.45, 7) is 2.08. The first-order valence-corrected chi connectivity index (χ1v) is 6.85. The number of aromatic nitrogens is 4. The maximum Gasteiger partial charge on any atom is 0.257 e. The van der Waals surface area contributed by atoms with E-state index in [4.69, 9.17) is 4.52 Å². The Hall–Kier alpha value is -2.18. The lowest BCUT2D eigenvalue weighted by atomic mass is 10.2. The summed E-state index contributed by atoms with van der Waals surface area (Å²) in [7, 11) is 1.92. The van der Waals surface area contributed by atoms with Crippen LogP contribution >= 0.6 is 12.4 Å². The maximum absolute atomic E-state index is 5.35. The third kappa shape index (κ3) is 3.52. The highest BCUT2D eigenvalue weighted by Gasteiger charge is 2.11. The largest absolute Gasteiger partial charge is 0.334 e. The molecule has 0 spiro atoms. The van der Waals surface area contributed by atoms with Crippen molar-refractivity contribution in [2.75, 3.05) is 7.05 Å². The van der Waals surface area contributed by atoms with E-state index in [1.54, 1.807) is 12.5 Å². The molecule has 116 valence electrons. The lowest BCUT2D eigenvalue weighted by molar-refractivity contribution is 0.418. The normalized spacial score (nSPS) is 11.9. The molecule has 0 amide bonds. The van der Waals surface area contributed by atoms with Crippen LogP contribution in [0, 0.1) is 0 Å². The smallest absolute Gasteiger partial charge is 0.257 e. The molecule has 1 N–H and O–H groups in total. The number of benzene rings is 1.